The second-order valence-electron chi connectivity index (χ2n) is 11.5. The minimum Gasteiger partial charge on any atom is -0.319 e. The Morgan fingerprint density at radius 2 is 2.00 bits per heavy atom. The zero-order valence-electron chi connectivity index (χ0n) is 20.3. The molecule has 0 aromatic carbocycles. The predicted octanol–water partition coefficient (Wildman–Crippen LogP) is 5.54. The molecule has 1 aromatic heterocycles. The van der Waals surface area contributed by atoms with Crippen LogP contribution in [0.2, 0.25) is 0 Å². The summed E-state index contributed by atoms with van der Waals surface area (Å²) in [5, 5.41) is 2.86. The van der Waals surface area contributed by atoms with Crippen molar-refractivity contribution in [2.45, 2.75) is 72.1 Å². The number of allylic oxidation sites excluding steroid dienone is 2. The summed E-state index contributed by atoms with van der Waals surface area (Å²) in [5.74, 6) is 2.46. The molecule has 0 radical (unpaired) electrons. The summed E-state index contributed by atoms with van der Waals surface area (Å²) < 4.78 is 13.1. The number of carbonyl (C=O) groups is 2. The predicted molar refractivity (Wildman–Crippen MR) is 125 cm³/mol. The van der Waals surface area contributed by atoms with Crippen molar-refractivity contribution in [2.24, 2.45) is 34.5 Å². The van der Waals surface area contributed by atoms with Gasteiger partial charge in [-0.2, -0.15) is 0 Å². The molecule has 4 aliphatic rings. The summed E-state index contributed by atoms with van der Waals surface area (Å²) in [7, 11) is 1.96. The lowest BCUT2D eigenvalue weighted by molar-refractivity contribution is -0.136. The molecule has 1 N–H and O–H groups in total. The number of aromatic nitrogens is 1. The number of hydrogen-bond acceptors (Lipinski definition) is 3. The zero-order valence-corrected chi connectivity index (χ0v) is 20.3. The van der Waals surface area contributed by atoms with Gasteiger partial charge in [-0.3, -0.25) is 9.59 Å². The maximum Gasteiger partial charge on any atom is 0.226 e. The smallest absolute Gasteiger partial charge is 0.226 e. The lowest BCUT2D eigenvalue weighted by Crippen LogP contribution is -2.54. The average molecular weight is 454 g/mol. The minimum atomic E-state index is -0.405. The highest BCUT2D eigenvalue weighted by Gasteiger charge is 2.60. The van der Waals surface area contributed by atoms with Gasteiger partial charge in [-0.15, -0.1) is 0 Å². The van der Waals surface area contributed by atoms with Crippen molar-refractivity contribution in [2.75, 3.05) is 12.4 Å². The molecule has 0 bridgehead atoms. The van der Waals surface area contributed by atoms with Crippen molar-refractivity contribution in [1.29, 1.82) is 0 Å². The number of likely N-dealkylation sites (tertiary alicyclic amines) is 1. The fourth-order valence-electron chi connectivity index (χ4n) is 8.42. The Kier molecular flexibility index (Phi) is 5.41. The van der Waals surface area contributed by atoms with Crippen molar-refractivity contribution in [3.63, 3.8) is 0 Å². The van der Waals surface area contributed by atoms with Crippen molar-refractivity contribution in [3.05, 3.63) is 35.4 Å². The number of piperidine rings is 1. The standard InChI is InChI=1S/C27H36FN3O2/c1-16-13-19-20-7-5-17(14-23(32)30-22-8-6-18(28)15-29-22)26(20,2)11-9-21(19)27(3)12-10-24(33)31(4)25(16)27/h6,8,15,17,19-21H,5,7,9-14H2,1-4H3,(H,29,30,32)/t17-,19+,20+,21+,26-,27-/m1/s1. The maximum atomic E-state index is 13.1. The summed E-state index contributed by atoms with van der Waals surface area (Å²) in [6.07, 6.45) is 8.89. The Bertz CT molecular complexity index is 1010. The Labute approximate surface area is 196 Å². The van der Waals surface area contributed by atoms with Crippen LogP contribution in [0.5, 0.6) is 0 Å². The number of carbonyl (C=O) groups excluding carboxylic acids is 2. The van der Waals surface area contributed by atoms with Crippen molar-refractivity contribution >= 4 is 17.6 Å². The van der Waals surface area contributed by atoms with E-state index in [1.54, 1.807) is 0 Å². The van der Waals surface area contributed by atoms with Crippen molar-refractivity contribution < 1.29 is 14.0 Å². The van der Waals surface area contributed by atoms with Crippen LogP contribution in [0.3, 0.4) is 0 Å². The summed E-state index contributed by atoms with van der Waals surface area (Å²) in [6.45, 7) is 7.06. The third-order valence-electron chi connectivity index (χ3n) is 9.93. The SMILES string of the molecule is CC1=C2N(C)C(=O)CC[C@]2(C)[C@H]2CC[C@]3(C)[C@@H](CC(=O)Nc4ccc(F)cn4)CC[C@H]3[C@@H]2C1. The number of amides is 2. The van der Waals surface area contributed by atoms with Crippen LogP contribution in [0.1, 0.15) is 72.1 Å². The largest absolute Gasteiger partial charge is 0.319 e. The van der Waals surface area contributed by atoms with Crippen LogP contribution in [-0.4, -0.2) is 28.7 Å². The summed E-state index contributed by atoms with van der Waals surface area (Å²) in [4.78, 5) is 31.2. The topological polar surface area (TPSA) is 62.3 Å². The number of hydrogen-bond donors (Lipinski definition) is 1. The molecule has 6 heteroatoms. The maximum absolute atomic E-state index is 13.1. The van der Waals surface area contributed by atoms with E-state index in [1.165, 1.54) is 36.2 Å². The quantitative estimate of drug-likeness (QED) is 0.653. The van der Waals surface area contributed by atoms with Gasteiger partial charge in [0.15, 0.2) is 0 Å². The molecule has 1 aromatic rings. The van der Waals surface area contributed by atoms with Gasteiger partial charge in [0.05, 0.1) is 6.20 Å². The Hall–Kier alpha value is -2.24. The van der Waals surface area contributed by atoms with E-state index in [0.717, 1.165) is 31.9 Å². The van der Waals surface area contributed by atoms with Gasteiger partial charge < -0.3 is 10.2 Å². The van der Waals surface area contributed by atoms with Crippen LogP contribution in [0.15, 0.2) is 29.6 Å². The molecule has 2 saturated carbocycles. The van der Waals surface area contributed by atoms with Crippen LogP contribution in [0.25, 0.3) is 0 Å². The van der Waals surface area contributed by atoms with E-state index in [0.29, 0.717) is 42.3 Å². The van der Waals surface area contributed by atoms with Gasteiger partial charge in [0, 0.05) is 31.0 Å². The van der Waals surface area contributed by atoms with E-state index < -0.39 is 5.82 Å². The molecule has 2 amide bonds. The van der Waals surface area contributed by atoms with Crippen LogP contribution in [-0.2, 0) is 9.59 Å². The highest BCUT2D eigenvalue weighted by molar-refractivity contribution is 5.89. The number of halogens is 1. The molecule has 5 rings (SSSR count). The van der Waals surface area contributed by atoms with Gasteiger partial charge in [0.2, 0.25) is 11.8 Å². The van der Waals surface area contributed by atoms with E-state index in [2.05, 4.69) is 31.1 Å². The fraction of sp³-hybridized carbons (Fsp3) is 0.667. The van der Waals surface area contributed by atoms with Gasteiger partial charge in [-0.1, -0.05) is 19.4 Å². The molecule has 33 heavy (non-hydrogen) atoms. The van der Waals surface area contributed by atoms with Crippen LogP contribution >= 0.6 is 0 Å². The first-order valence-corrected chi connectivity index (χ1v) is 12.5. The lowest BCUT2D eigenvalue weighted by Gasteiger charge is -2.59. The second kappa shape index (κ2) is 7.92. The highest BCUT2D eigenvalue weighted by atomic mass is 19.1. The Morgan fingerprint density at radius 3 is 2.73 bits per heavy atom. The van der Waals surface area contributed by atoms with Crippen LogP contribution in [0, 0.1) is 40.3 Å². The molecule has 3 fully saturated rings. The molecule has 1 aliphatic heterocycles. The van der Waals surface area contributed by atoms with E-state index in [1.807, 2.05) is 11.9 Å². The van der Waals surface area contributed by atoms with E-state index in [-0.39, 0.29) is 22.6 Å². The third kappa shape index (κ3) is 3.52. The Morgan fingerprint density at radius 1 is 1.21 bits per heavy atom. The van der Waals surface area contributed by atoms with E-state index in [4.69, 9.17) is 0 Å². The van der Waals surface area contributed by atoms with Crippen molar-refractivity contribution in [3.8, 4) is 0 Å². The van der Waals surface area contributed by atoms with Gasteiger partial charge in [0.1, 0.15) is 11.6 Å². The zero-order chi connectivity index (χ0) is 23.5. The molecule has 2 heterocycles. The molecule has 0 spiro atoms. The van der Waals surface area contributed by atoms with E-state index >= 15 is 0 Å². The summed E-state index contributed by atoms with van der Waals surface area (Å²) in [5.41, 5.74) is 2.94. The normalized spacial score (nSPS) is 38.0. The van der Waals surface area contributed by atoms with E-state index in [9.17, 15) is 14.0 Å². The van der Waals surface area contributed by atoms with Gasteiger partial charge in [0.25, 0.3) is 0 Å². The third-order valence-corrected chi connectivity index (χ3v) is 9.93. The first-order valence-electron chi connectivity index (χ1n) is 12.5. The summed E-state index contributed by atoms with van der Waals surface area (Å²) >= 11 is 0. The number of anilines is 1. The first kappa shape index (κ1) is 22.5. The lowest BCUT2D eigenvalue weighted by atomic mass is 9.48. The molecular weight excluding hydrogens is 417 g/mol. The van der Waals surface area contributed by atoms with Crippen LogP contribution in [0.4, 0.5) is 10.2 Å². The van der Waals surface area contributed by atoms with Gasteiger partial charge >= 0.3 is 0 Å². The molecule has 3 aliphatic carbocycles. The molecular formula is C27H36FN3O2. The number of pyridine rings is 1. The number of fused-ring (bicyclic) bond motifs is 5. The molecule has 1 saturated heterocycles. The molecule has 5 nitrogen and oxygen atoms in total. The second-order valence-corrected chi connectivity index (χ2v) is 11.5. The first-order chi connectivity index (χ1) is 15.6. The monoisotopic (exact) mass is 453 g/mol. The van der Waals surface area contributed by atoms with Gasteiger partial charge in [-0.05, 0) is 86.7 Å². The minimum absolute atomic E-state index is 0.0236. The number of nitrogens with zero attached hydrogens (tertiary/aromatic N) is 2. The van der Waals surface area contributed by atoms with Crippen LogP contribution < -0.4 is 5.32 Å². The molecule has 178 valence electrons. The molecule has 6 atom stereocenters. The van der Waals surface area contributed by atoms with Gasteiger partial charge in [-0.25, -0.2) is 9.37 Å². The highest BCUT2D eigenvalue weighted by Crippen LogP contribution is 2.67. The summed E-state index contributed by atoms with van der Waals surface area (Å²) in [6, 6.07) is 2.83. The fourth-order valence-corrected chi connectivity index (χ4v) is 8.42. The average Bonchev–Trinajstić information content (AvgIpc) is 3.09. The Balaban J connectivity index is 1.34. The molecule has 0 unspecified atom stereocenters. The number of rotatable bonds is 3. The van der Waals surface area contributed by atoms with Crippen molar-refractivity contribution in [1.82, 2.24) is 9.88 Å². The number of nitrogens with one attached hydrogen (secondary N) is 1.